The summed E-state index contributed by atoms with van der Waals surface area (Å²) in [5.41, 5.74) is 1.90. The van der Waals surface area contributed by atoms with E-state index in [1.807, 2.05) is 12.1 Å². The second kappa shape index (κ2) is 9.13. The maximum absolute atomic E-state index is 12.6. The fourth-order valence-corrected chi connectivity index (χ4v) is 3.42. The van der Waals surface area contributed by atoms with Crippen LogP contribution >= 0.6 is 0 Å². The second-order valence-electron chi connectivity index (χ2n) is 7.10. The van der Waals surface area contributed by atoms with Gasteiger partial charge >= 0.3 is 0 Å². The molecule has 1 saturated heterocycles. The summed E-state index contributed by atoms with van der Waals surface area (Å²) in [5, 5.41) is 13.8. The summed E-state index contributed by atoms with van der Waals surface area (Å²) in [6.07, 6.45) is 6.33. The molecule has 3 heterocycles. The van der Waals surface area contributed by atoms with Crippen molar-refractivity contribution < 1.29 is 9.59 Å². The number of hydrogen-bond acceptors (Lipinski definition) is 6. The van der Waals surface area contributed by atoms with Gasteiger partial charge in [-0.1, -0.05) is 0 Å². The number of carbonyl (C=O) groups is 2. The predicted octanol–water partition coefficient (Wildman–Crippen LogP) is 2.98. The van der Waals surface area contributed by atoms with Crippen LogP contribution in [-0.4, -0.2) is 40.1 Å². The Labute approximate surface area is 174 Å². The molecule has 1 aliphatic heterocycles. The minimum atomic E-state index is -0.205. The number of hydrogen-bond donors (Lipinski definition) is 2. The number of nitrogens with zero attached hydrogens (tertiary/aromatic N) is 4. The molecule has 8 heteroatoms. The first-order chi connectivity index (χ1) is 14.7. The summed E-state index contributed by atoms with van der Waals surface area (Å²) in [5.74, 6) is 0.621. The van der Waals surface area contributed by atoms with Gasteiger partial charge < -0.3 is 15.5 Å². The van der Waals surface area contributed by atoms with Crippen molar-refractivity contribution in [1.82, 2.24) is 15.2 Å². The molecule has 152 valence electrons. The van der Waals surface area contributed by atoms with Gasteiger partial charge in [-0.05, 0) is 61.4 Å². The van der Waals surface area contributed by atoms with Crippen molar-refractivity contribution in [3.63, 3.8) is 0 Å². The third kappa shape index (κ3) is 4.78. The SMILES string of the molecule is O=C(Nc1ccc(NC(=O)C2CCN(c3cccnn3)CC2)cc1)c1ccncc1. The molecule has 0 unspecified atom stereocenters. The third-order valence-electron chi connectivity index (χ3n) is 5.10. The Hall–Kier alpha value is -3.81. The Bertz CT molecular complexity index is 987. The molecular weight excluding hydrogens is 380 g/mol. The first kappa shape index (κ1) is 19.5. The van der Waals surface area contributed by atoms with Crippen LogP contribution in [0.3, 0.4) is 0 Å². The maximum Gasteiger partial charge on any atom is 0.255 e. The molecule has 0 aliphatic carbocycles. The number of amides is 2. The molecule has 1 fully saturated rings. The van der Waals surface area contributed by atoms with Crippen LogP contribution in [-0.2, 0) is 4.79 Å². The van der Waals surface area contributed by atoms with E-state index in [0.717, 1.165) is 31.7 Å². The van der Waals surface area contributed by atoms with Crippen molar-refractivity contribution in [3.8, 4) is 0 Å². The van der Waals surface area contributed by atoms with Crippen LogP contribution in [0.5, 0.6) is 0 Å². The van der Waals surface area contributed by atoms with Gasteiger partial charge in [-0.3, -0.25) is 14.6 Å². The summed E-state index contributed by atoms with van der Waals surface area (Å²) in [4.78, 5) is 30.9. The van der Waals surface area contributed by atoms with Crippen LogP contribution in [0.4, 0.5) is 17.2 Å². The lowest BCUT2D eigenvalue weighted by Gasteiger charge is -2.31. The van der Waals surface area contributed by atoms with E-state index in [0.29, 0.717) is 16.9 Å². The van der Waals surface area contributed by atoms with Crippen LogP contribution in [0, 0.1) is 5.92 Å². The lowest BCUT2D eigenvalue weighted by Crippen LogP contribution is -2.38. The van der Waals surface area contributed by atoms with Gasteiger partial charge in [0.1, 0.15) is 0 Å². The van der Waals surface area contributed by atoms with E-state index < -0.39 is 0 Å². The molecule has 1 aromatic carbocycles. The Kier molecular flexibility index (Phi) is 5.93. The highest BCUT2D eigenvalue weighted by Crippen LogP contribution is 2.23. The van der Waals surface area contributed by atoms with E-state index in [9.17, 15) is 9.59 Å². The molecule has 2 aromatic heterocycles. The molecule has 2 amide bonds. The zero-order chi connectivity index (χ0) is 20.8. The van der Waals surface area contributed by atoms with Crippen molar-refractivity contribution in [2.45, 2.75) is 12.8 Å². The molecule has 0 bridgehead atoms. The van der Waals surface area contributed by atoms with E-state index in [-0.39, 0.29) is 17.7 Å². The molecule has 1 aliphatic rings. The molecule has 0 atom stereocenters. The van der Waals surface area contributed by atoms with Crippen LogP contribution in [0.15, 0.2) is 67.1 Å². The average molecular weight is 402 g/mol. The Balaban J connectivity index is 1.28. The van der Waals surface area contributed by atoms with Gasteiger partial charge in [0.2, 0.25) is 5.91 Å². The largest absolute Gasteiger partial charge is 0.355 e. The van der Waals surface area contributed by atoms with E-state index in [1.54, 1.807) is 55.0 Å². The summed E-state index contributed by atoms with van der Waals surface area (Å²) in [7, 11) is 0. The monoisotopic (exact) mass is 402 g/mol. The number of anilines is 3. The lowest BCUT2D eigenvalue weighted by molar-refractivity contribution is -0.120. The van der Waals surface area contributed by atoms with Gasteiger partial charge in [-0.25, -0.2) is 0 Å². The topological polar surface area (TPSA) is 100 Å². The minimum absolute atomic E-state index is 0.0161. The highest BCUT2D eigenvalue weighted by molar-refractivity contribution is 6.04. The molecule has 30 heavy (non-hydrogen) atoms. The second-order valence-corrected chi connectivity index (χ2v) is 7.10. The fraction of sp³-hybridized carbons (Fsp3) is 0.227. The summed E-state index contributed by atoms with van der Waals surface area (Å²) in [6, 6.07) is 14.2. The molecule has 0 spiro atoms. The van der Waals surface area contributed by atoms with Gasteiger partial charge in [-0.15, -0.1) is 5.10 Å². The number of benzene rings is 1. The number of pyridine rings is 1. The molecule has 4 rings (SSSR count). The van der Waals surface area contributed by atoms with E-state index in [1.165, 1.54) is 0 Å². The summed E-state index contributed by atoms with van der Waals surface area (Å²) < 4.78 is 0. The molecule has 0 radical (unpaired) electrons. The van der Waals surface area contributed by atoms with Crippen LogP contribution in [0.2, 0.25) is 0 Å². The Morgan fingerprint density at radius 3 is 2.17 bits per heavy atom. The van der Waals surface area contributed by atoms with Gasteiger partial charge in [-0.2, -0.15) is 5.10 Å². The van der Waals surface area contributed by atoms with Crippen LogP contribution < -0.4 is 15.5 Å². The molecular formula is C22H22N6O2. The number of aromatic nitrogens is 3. The van der Waals surface area contributed by atoms with Crippen molar-refractivity contribution >= 4 is 29.0 Å². The Morgan fingerprint density at radius 1 is 0.867 bits per heavy atom. The fourth-order valence-electron chi connectivity index (χ4n) is 3.42. The zero-order valence-electron chi connectivity index (χ0n) is 16.4. The highest BCUT2D eigenvalue weighted by Gasteiger charge is 2.25. The molecule has 8 nitrogen and oxygen atoms in total. The zero-order valence-corrected chi connectivity index (χ0v) is 16.4. The number of carbonyl (C=O) groups excluding carboxylic acids is 2. The third-order valence-corrected chi connectivity index (χ3v) is 5.10. The predicted molar refractivity (Wildman–Crippen MR) is 114 cm³/mol. The van der Waals surface area contributed by atoms with Crippen molar-refractivity contribution in [2.24, 2.45) is 5.92 Å². The van der Waals surface area contributed by atoms with Gasteiger partial charge in [0.05, 0.1) is 0 Å². The average Bonchev–Trinajstić information content (AvgIpc) is 2.81. The maximum atomic E-state index is 12.6. The number of nitrogens with one attached hydrogen (secondary N) is 2. The van der Waals surface area contributed by atoms with Crippen molar-refractivity contribution in [2.75, 3.05) is 28.6 Å². The van der Waals surface area contributed by atoms with Gasteiger partial charge in [0.15, 0.2) is 5.82 Å². The van der Waals surface area contributed by atoms with Crippen LogP contribution in [0.1, 0.15) is 23.2 Å². The standard InChI is InChI=1S/C22H22N6O2/c29-21(16-7-12-23-13-8-16)25-18-3-5-19(6-4-18)26-22(30)17-9-14-28(15-10-17)20-2-1-11-24-27-20/h1-8,11-13,17H,9-10,14-15H2,(H,25,29)(H,26,30). The number of piperidine rings is 1. The molecule has 0 saturated carbocycles. The quantitative estimate of drug-likeness (QED) is 0.681. The highest BCUT2D eigenvalue weighted by atomic mass is 16.2. The first-order valence-electron chi connectivity index (χ1n) is 9.84. The van der Waals surface area contributed by atoms with Crippen molar-refractivity contribution in [3.05, 3.63) is 72.7 Å². The van der Waals surface area contributed by atoms with Gasteiger partial charge in [0, 0.05) is 54.5 Å². The van der Waals surface area contributed by atoms with Crippen molar-refractivity contribution in [1.29, 1.82) is 0 Å². The van der Waals surface area contributed by atoms with E-state index in [4.69, 9.17) is 0 Å². The summed E-state index contributed by atoms with van der Waals surface area (Å²) >= 11 is 0. The van der Waals surface area contributed by atoms with E-state index in [2.05, 4.69) is 30.7 Å². The normalized spacial score (nSPS) is 14.2. The summed E-state index contributed by atoms with van der Waals surface area (Å²) in [6.45, 7) is 1.55. The van der Waals surface area contributed by atoms with Gasteiger partial charge in [0.25, 0.3) is 5.91 Å². The number of rotatable bonds is 5. The minimum Gasteiger partial charge on any atom is -0.355 e. The van der Waals surface area contributed by atoms with Crippen LogP contribution in [0.25, 0.3) is 0 Å². The smallest absolute Gasteiger partial charge is 0.255 e. The molecule has 2 N–H and O–H groups in total. The Morgan fingerprint density at radius 2 is 1.53 bits per heavy atom. The molecule has 3 aromatic rings. The van der Waals surface area contributed by atoms with E-state index >= 15 is 0 Å². The lowest BCUT2D eigenvalue weighted by atomic mass is 9.96. The first-order valence-corrected chi connectivity index (χ1v) is 9.84.